The van der Waals surface area contributed by atoms with Crippen molar-refractivity contribution < 1.29 is 23.6 Å². The first-order valence-corrected chi connectivity index (χ1v) is 13.8. The topological polar surface area (TPSA) is 85.1 Å². The highest BCUT2D eigenvalue weighted by Crippen LogP contribution is 2.40. The number of anilines is 1. The predicted molar refractivity (Wildman–Crippen MR) is 150 cm³/mol. The van der Waals surface area contributed by atoms with Gasteiger partial charge in [-0.2, -0.15) is 0 Å². The first-order chi connectivity index (χ1) is 18.7. The average Bonchev–Trinajstić information content (AvgIpc) is 3.63. The summed E-state index contributed by atoms with van der Waals surface area (Å²) in [5.41, 5.74) is 3.86. The summed E-state index contributed by atoms with van der Waals surface area (Å²) in [6, 6.07) is 11.0. The zero-order valence-corrected chi connectivity index (χ0v) is 23.9. The molecule has 1 unspecified atom stereocenters. The van der Waals surface area contributed by atoms with Crippen molar-refractivity contribution in [1.82, 2.24) is 10.1 Å². The van der Waals surface area contributed by atoms with Crippen LogP contribution in [-0.2, 0) is 22.6 Å². The maximum absolute atomic E-state index is 13.4. The van der Waals surface area contributed by atoms with Crippen LogP contribution < -0.4 is 9.64 Å². The molecule has 2 aliphatic rings. The van der Waals surface area contributed by atoms with Crippen molar-refractivity contribution in [3.05, 3.63) is 63.3 Å². The van der Waals surface area contributed by atoms with Crippen molar-refractivity contribution >= 4 is 40.9 Å². The third-order valence-electron chi connectivity index (χ3n) is 7.39. The van der Waals surface area contributed by atoms with Gasteiger partial charge in [0.25, 0.3) is 0 Å². The number of hydrogen-bond acceptors (Lipinski definition) is 6. The van der Waals surface area contributed by atoms with Crippen molar-refractivity contribution in [1.29, 1.82) is 0 Å². The molecule has 0 N–H and O–H groups in total. The number of fused-ring (bicyclic) bond motifs is 1. The van der Waals surface area contributed by atoms with E-state index < -0.39 is 0 Å². The van der Waals surface area contributed by atoms with Crippen LogP contribution in [0.25, 0.3) is 11.3 Å². The first kappa shape index (κ1) is 27.3. The Morgan fingerprint density at radius 1 is 1.18 bits per heavy atom. The number of rotatable bonds is 6. The standard InChI is InChI=1S/C29H31Cl2N3O5/c1-16(2)27-21(26(32-39-27)25-22(30)6-5-7-23(25)31)15-38-20-8-9-24-19(13-20)12-17(3)34(24)29(36)33-11-10-18(14-33)28(35)37-4/h5-9,13,16-18H,10-12,14-15H2,1-4H3/t17?,18-/m0/s1. The summed E-state index contributed by atoms with van der Waals surface area (Å²) in [4.78, 5) is 28.9. The number of methoxy groups -OCH3 is 1. The molecule has 3 heterocycles. The normalized spacial score (nSPS) is 18.5. The zero-order valence-electron chi connectivity index (χ0n) is 22.4. The molecule has 2 aliphatic heterocycles. The number of benzene rings is 2. The lowest BCUT2D eigenvalue weighted by Gasteiger charge is -2.28. The number of carbonyl (C=O) groups excluding carboxylic acids is 2. The first-order valence-electron chi connectivity index (χ1n) is 13.0. The van der Waals surface area contributed by atoms with Gasteiger partial charge in [0.2, 0.25) is 0 Å². The minimum atomic E-state index is -0.272. The number of ether oxygens (including phenoxy) is 2. The molecule has 0 radical (unpaired) electrons. The van der Waals surface area contributed by atoms with Gasteiger partial charge in [-0.25, -0.2) is 4.79 Å². The lowest BCUT2D eigenvalue weighted by Crippen LogP contribution is -2.45. The number of aromatic nitrogens is 1. The lowest BCUT2D eigenvalue weighted by atomic mass is 10.0. The second-order valence-electron chi connectivity index (χ2n) is 10.4. The predicted octanol–water partition coefficient (Wildman–Crippen LogP) is 6.72. The average molecular weight is 572 g/mol. The molecular formula is C29H31Cl2N3O5. The second-order valence-corrected chi connectivity index (χ2v) is 11.2. The van der Waals surface area contributed by atoms with E-state index in [0.29, 0.717) is 58.7 Å². The zero-order chi connectivity index (χ0) is 27.8. The van der Waals surface area contributed by atoms with E-state index in [1.807, 2.05) is 43.9 Å². The molecule has 0 bridgehead atoms. The van der Waals surface area contributed by atoms with Crippen LogP contribution >= 0.6 is 23.2 Å². The van der Waals surface area contributed by atoms with E-state index in [1.165, 1.54) is 7.11 Å². The molecule has 0 spiro atoms. The number of urea groups is 1. The molecule has 206 valence electrons. The number of esters is 1. The van der Waals surface area contributed by atoms with Crippen LogP contribution in [0.3, 0.4) is 0 Å². The minimum absolute atomic E-state index is 0.0143. The summed E-state index contributed by atoms with van der Waals surface area (Å²) in [5, 5.41) is 5.27. The molecule has 2 atom stereocenters. The molecule has 2 amide bonds. The molecule has 5 rings (SSSR count). The highest BCUT2D eigenvalue weighted by atomic mass is 35.5. The summed E-state index contributed by atoms with van der Waals surface area (Å²) in [6.45, 7) is 7.20. The maximum Gasteiger partial charge on any atom is 0.324 e. The molecule has 1 aromatic heterocycles. The highest BCUT2D eigenvalue weighted by Gasteiger charge is 2.38. The van der Waals surface area contributed by atoms with Crippen molar-refractivity contribution in [2.45, 2.75) is 52.2 Å². The number of nitrogens with zero attached hydrogens (tertiary/aromatic N) is 3. The number of amides is 2. The second kappa shape index (κ2) is 11.1. The van der Waals surface area contributed by atoms with Gasteiger partial charge >= 0.3 is 12.0 Å². The Bertz CT molecular complexity index is 1390. The summed E-state index contributed by atoms with van der Waals surface area (Å²) in [5.74, 6) is 0.926. The van der Waals surface area contributed by atoms with Gasteiger partial charge in [0.15, 0.2) is 0 Å². The lowest BCUT2D eigenvalue weighted by molar-refractivity contribution is -0.144. The summed E-state index contributed by atoms with van der Waals surface area (Å²) in [6.07, 6.45) is 1.32. The van der Waals surface area contributed by atoms with Crippen LogP contribution in [0.2, 0.25) is 10.0 Å². The van der Waals surface area contributed by atoms with Gasteiger partial charge in [0.05, 0.1) is 28.6 Å². The number of hydrogen-bond donors (Lipinski definition) is 0. The Labute approximate surface area is 237 Å². The Hall–Kier alpha value is -3.23. The molecule has 1 fully saturated rings. The molecule has 1 saturated heterocycles. The van der Waals surface area contributed by atoms with Crippen LogP contribution in [0, 0.1) is 5.92 Å². The van der Waals surface area contributed by atoms with Crippen LogP contribution in [0.15, 0.2) is 40.9 Å². The van der Waals surface area contributed by atoms with E-state index in [1.54, 1.807) is 23.1 Å². The van der Waals surface area contributed by atoms with Crippen LogP contribution in [0.4, 0.5) is 10.5 Å². The number of halogens is 2. The van der Waals surface area contributed by atoms with Gasteiger partial charge in [0, 0.05) is 36.3 Å². The smallest absolute Gasteiger partial charge is 0.324 e. The fraction of sp³-hybridized carbons (Fsp3) is 0.414. The summed E-state index contributed by atoms with van der Waals surface area (Å²) < 4.78 is 16.8. The fourth-order valence-corrected chi connectivity index (χ4v) is 6.00. The molecule has 10 heteroatoms. The van der Waals surface area contributed by atoms with Crippen LogP contribution in [-0.4, -0.2) is 48.3 Å². The third-order valence-corrected chi connectivity index (χ3v) is 8.02. The van der Waals surface area contributed by atoms with Crippen LogP contribution in [0.1, 0.15) is 50.0 Å². The van der Waals surface area contributed by atoms with Crippen molar-refractivity contribution in [3.8, 4) is 17.0 Å². The maximum atomic E-state index is 13.4. The van der Waals surface area contributed by atoms with E-state index in [0.717, 1.165) is 16.8 Å². The van der Waals surface area contributed by atoms with Gasteiger partial charge in [-0.05, 0) is 55.7 Å². The molecular weight excluding hydrogens is 541 g/mol. The third kappa shape index (κ3) is 5.20. The van der Waals surface area contributed by atoms with Gasteiger partial charge in [-0.3, -0.25) is 9.69 Å². The quantitative estimate of drug-likeness (QED) is 0.305. The SMILES string of the molecule is COC(=O)[C@H]1CCN(C(=O)N2c3ccc(OCc4c(-c5c(Cl)cccc5Cl)noc4C(C)C)cc3CC2C)C1. The Morgan fingerprint density at radius 3 is 2.62 bits per heavy atom. The summed E-state index contributed by atoms with van der Waals surface area (Å²) >= 11 is 12.9. The van der Waals surface area contributed by atoms with Crippen molar-refractivity contribution in [2.24, 2.45) is 5.92 Å². The van der Waals surface area contributed by atoms with E-state index in [2.05, 4.69) is 5.16 Å². The largest absolute Gasteiger partial charge is 0.489 e. The molecule has 2 aromatic carbocycles. The molecule has 8 nitrogen and oxygen atoms in total. The molecule has 3 aromatic rings. The van der Waals surface area contributed by atoms with Crippen molar-refractivity contribution in [2.75, 3.05) is 25.1 Å². The van der Waals surface area contributed by atoms with E-state index >= 15 is 0 Å². The van der Waals surface area contributed by atoms with Gasteiger partial charge in [0.1, 0.15) is 23.8 Å². The summed E-state index contributed by atoms with van der Waals surface area (Å²) in [7, 11) is 1.38. The molecule has 0 aliphatic carbocycles. The van der Waals surface area contributed by atoms with E-state index in [-0.39, 0.29) is 36.5 Å². The number of carbonyl (C=O) groups is 2. The van der Waals surface area contributed by atoms with E-state index in [9.17, 15) is 9.59 Å². The van der Waals surface area contributed by atoms with Crippen LogP contribution in [0.5, 0.6) is 5.75 Å². The van der Waals surface area contributed by atoms with Gasteiger partial charge in [-0.15, -0.1) is 0 Å². The van der Waals surface area contributed by atoms with Gasteiger partial charge in [-0.1, -0.05) is 48.3 Å². The highest BCUT2D eigenvalue weighted by molar-refractivity contribution is 6.39. The van der Waals surface area contributed by atoms with E-state index in [4.69, 9.17) is 37.2 Å². The Kier molecular flexibility index (Phi) is 7.78. The Morgan fingerprint density at radius 2 is 1.92 bits per heavy atom. The molecule has 39 heavy (non-hydrogen) atoms. The van der Waals surface area contributed by atoms with Gasteiger partial charge < -0.3 is 18.9 Å². The monoisotopic (exact) mass is 571 g/mol. The molecule has 0 saturated carbocycles. The van der Waals surface area contributed by atoms with Crippen molar-refractivity contribution in [3.63, 3.8) is 0 Å². The number of likely N-dealkylation sites (tertiary alicyclic amines) is 1. The fourth-order valence-electron chi connectivity index (χ4n) is 5.43. The minimum Gasteiger partial charge on any atom is -0.489 e. The Balaban J connectivity index is 1.35.